The normalized spacial score (nSPS) is 22.9. The topological polar surface area (TPSA) is 47.0 Å². The van der Waals surface area contributed by atoms with E-state index in [1.54, 1.807) is 0 Å². The Morgan fingerprint density at radius 2 is 2.29 bits per heavy atom. The number of hydrogen-bond donors (Lipinski definition) is 1. The molecule has 1 atom stereocenters. The van der Waals surface area contributed by atoms with Crippen LogP contribution in [0, 0.1) is 4.64 Å². The van der Waals surface area contributed by atoms with Gasteiger partial charge in [0.1, 0.15) is 4.64 Å². The highest BCUT2D eigenvalue weighted by Gasteiger charge is 2.22. The molecule has 92 valence electrons. The van der Waals surface area contributed by atoms with Crippen LogP contribution < -0.4 is 5.69 Å². The van der Waals surface area contributed by atoms with Crippen molar-refractivity contribution in [2.24, 2.45) is 0 Å². The summed E-state index contributed by atoms with van der Waals surface area (Å²) >= 11 is 5.21. The number of rotatable bonds is 2. The summed E-state index contributed by atoms with van der Waals surface area (Å²) in [5.74, 6) is 0. The molecule has 1 N–H and O–H groups in total. The molecule has 1 aromatic rings. The van der Waals surface area contributed by atoms with Crippen molar-refractivity contribution >= 4 is 12.2 Å². The molecule has 5 heteroatoms. The lowest BCUT2D eigenvalue weighted by molar-refractivity contribution is 0.0951. The molecule has 1 fully saturated rings. The van der Waals surface area contributed by atoms with Crippen LogP contribution in [0.2, 0.25) is 0 Å². The predicted molar refractivity (Wildman–Crippen MR) is 66.9 cm³/mol. The molecule has 3 rings (SSSR count). The van der Waals surface area contributed by atoms with Gasteiger partial charge in [-0.25, -0.2) is 4.79 Å². The Balaban J connectivity index is 2.01. The molecule has 0 radical (unpaired) electrons. The average molecular weight is 252 g/mol. The fraction of sp³-hybridized carbons (Fsp3) is 0.667. The van der Waals surface area contributed by atoms with Gasteiger partial charge in [-0.1, -0.05) is 12.2 Å². The van der Waals surface area contributed by atoms with E-state index < -0.39 is 0 Å². The van der Waals surface area contributed by atoms with E-state index in [1.165, 1.54) is 0 Å². The average Bonchev–Trinajstić information content (AvgIpc) is 2.95. The number of aromatic amines is 1. The largest absolute Gasteiger partial charge is 0.376 e. The summed E-state index contributed by atoms with van der Waals surface area (Å²) in [7, 11) is 0. The van der Waals surface area contributed by atoms with Crippen LogP contribution in [0.5, 0.6) is 0 Å². The maximum absolute atomic E-state index is 12.0. The second-order valence-corrected chi connectivity index (χ2v) is 5.19. The van der Waals surface area contributed by atoms with E-state index in [0.29, 0.717) is 11.2 Å². The van der Waals surface area contributed by atoms with Crippen molar-refractivity contribution in [3.8, 4) is 0 Å². The molecule has 1 aliphatic heterocycles. The van der Waals surface area contributed by atoms with Gasteiger partial charge in [0.25, 0.3) is 0 Å². The molecule has 17 heavy (non-hydrogen) atoms. The molecule has 1 aromatic heterocycles. The Hall–Kier alpha value is -0.940. The summed E-state index contributed by atoms with van der Waals surface area (Å²) in [6, 6.07) is 0. The number of aromatic nitrogens is 2. The van der Waals surface area contributed by atoms with Crippen LogP contribution in [-0.2, 0) is 24.1 Å². The van der Waals surface area contributed by atoms with Crippen LogP contribution in [0.4, 0.5) is 0 Å². The molecule has 2 heterocycles. The van der Waals surface area contributed by atoms with Crippen molar-refractivity contribution < 1.29 is 4.74 Å². The fourth-order valence-corrected chi connectivity index (χ4v) is 3.13. The third-order valence-corrected chi connectivity index (χ3v) is 4.01. The lowest BCUT2D eigenvalue weighted by Crippen LogP contribution is -2.31. The zero-order valence-corrected chi connectivity index (χ0v) is 10.5. The second-order valence-electron chi connectivity index (χ2n) is 4.78. The Labute approximate surface area is 105 Å². The molecular weight excluding hydrogens is 236 g/mol. The Morgan fingerprint density at radius 1 is 1.41 bits per heavy atom. The smallest absolute Gasteiger partial charge is 0.326 e. The van der Waals surface area contributed by atoms with Crippen molar-refractivity contribution in [3.05, 3.63) is 26.4 Å². The zero-order chi connectivity index (χ0) is 11.8. The third-order valence-electron chi connectivity index (χ3n) is 3.66. The number of hydrogen-bond acceptors (Lipinski definition) is 3. The third kappa shape index (κ3) is 1.98. The first kappa shape index (κ1) is 11.2. The summed E-state index contributed by atoms with van der Waals surface area (Å²) in [4.78, 5) is 14.8. The summed E-state index contributed by atoms with van der Waals surface area (Å²) in [6.07, 6.45) is 5.41. The van der Waals surface area contributed by atoms with Gasteiger partial charge < -0.3 is 4.74 Å². The Morgan fingerprint density at radius 3 is 3.06 bits per heavy atom. The molecule has 2 aliphatic rings. The maximum Gasteiger partial charge on any atom is 0.326 e. The molecule has 0 saturated carbocycles. The molecule has 4 nitrogen and oxygen atoms in total. The monoisotopic (exact) mass is 252 g/mol. The quantitative estimate of drug-likeness (QED) is 0.813. The van der Waals surface area contributed by atoms with Gasteiger partial charge in [0, 0.05) is 17.9 Å². The highest BCUT2D eigenvalue weighted by molar-refractivity contribution is 7.71. The summed E-state index contributed by atoms with van der Waals surface area (Å²) in [5.41, 5.74) is 2.22. The van der Waals surface area contributed by atoms with Gasteiger partial charge in [-0.05, 0) is 32.1 Å². The van der Waals surface area contributed by atoms with Crippen molar-refractivity contribution in [2.45, 2.75) is 44.8 Å². The first-order chi connectivity index (χ1) is 8.25. The number of nitrogens with one attached hydrogen (secondary N) is 1. The van der Waals surface area contributed by atoms with Gasteiger partial charge >= 0.3 is 5.69 Å². The number of ether oxygens (including phenoxy) is 1. The van der Waals surface area contributed by atoms with E-state index in [9.17, 15) is 4.79 Å². The number of H-pyrrole nitrogens is 1. The van der Waals surface area contributed by atoms with Crippen LogP contribution in [-0.4, -0.2) is 22.3 Å². The van der Waals surface area contributed by atoms with Crippen LogP contribution in [0.15, 0.2) is 4.79 Å². The molecule has 1 aliphatic carbocycles. The first-order valence-corrected chi connectivity index (χ1v) is 6.63. The second kappa shape index (κ2) is 4.38. The molecule has 0 aromatic carbocycles. The molecular formula is C12H16N2O2S. The maximum atomic E-state index is 12.0. The van der Waals surface area contributed by atoms with E-state index in [4.69, 9.17) is 17.0 Å². The standard InChI is InChI=1S/C12H16N2O2S/c15-12-13-11(17)9-4-1-5-10(9)14(12)7-8-3-2-6-16-8/h8H,1-7H2,(H,13,15,17)/t8-/m0/s1. The van der Waals surface area contributed by atoms with Crippen LogP contribution in [0.3, 0.4) is 0 Å². The van der Waals surface area contributed by atoms with Crippen LogP contribution >= 0.6 is 12.2 Å². The molecule has 0 amide bonds. The highest BCUT2D eigenvalue weighted by atomic mass is 32.1. The summed E-state index contributed by atoms with van der Waals surface area (Å²) in [5, 5.41) is 0. The Bertz CT molecular complexity index is 540. The van der Waals surface area contributed by atoms with E-state index in [2.05, 4.69) is 4.98 Å². The van der Waals surface area contributed by atoms with E-state index >= 15 is 0 Å². The minimum Gasteiger partial charge on any atom is -0.376 e. The molecule has 0 unspecified atom stereocenters. The molecule has 0 spiro atoms. The van der Waals surface area contributed by atoms with Crippen molar-refractivity contribution in [1.82, 2.24) is 9.55 Å². The summed E-state index contributed by atoms with van der Waals surface area (Å²) < 4.78 is 8.07. The van der Waals surface area contributed by atoms with E-state index in [1.807, 2.05) is 4.57 Å². The number of nitrogens with zero attached hydrogens (tertiary/aromatic N) is 1. The zero-order valence-electron chi connectivity index (χ0n) is 9.70. The molecule has 0 bridgehead atoms. The van der Waals surface area contributed by atoms with Crippen molar-refractivity contribution in [3.63, 3.8) is 0 Å². The van der Waals surface area contributed by atoms with Crippen LogP contribution in [0.25, 0.3) is 0 Å². The van der Waals surface area contributed by atoms with Crippen LogP contribution in [0.1, 0.15) is 30.5 Å². The van der Waals surface area contributed by atoms with Gasteiger partial charge in [-0.2, -0.15) is 0 Å². The minimum absolute atomic E-state index is 0.0776. The Kier molecular flexibility index (Phi) is 2.88. The van der Waals surface area contributed by atoms with Crippen molar-refractivity contribution in [1.29, 1.82) is 0 Å². The van der Waals surface area contributed by atoms with Gasteiger partial charge in [0.05, 0.1) is 12.6 Å². The van der Waals surface area contributed by atoms with Gasteiger partial charge in [-0.3, -0.25) is 9.55 Å². The van der Waals surface area contributed by atoms with Gasteiger partial charge in [0.2, 0.25) is 0 Å². The van der Waals surface area contributed by atoms with Crippen molar-refractivity contribution in [2.75, 3.05) is 6.61 Å². The van der Waals surface area contributed by atoms with E-state index in [-0.39, 0.29) is 11.8 Å². The first-order valence-electron chi connectivity index (χ1n) is 6.22. The van der Waals surface area contributed by atoms with Gasteiger partial charge in [-0.15, -0.1) is 0 Å². The molecule has 1 saturated heterocycles. The van der Waals surface area contributed by atoms with Gasteiger partial charge in [0.15, 0.2) is 0 Å². The SMILES string of the molecule is O=c1[nH]c(=S)c2c(n1C[C@@H]1CCCO1)CCC2. The fourth-order valence-electron chi connectivity index (χ4n) is 2.82. The lowest BCUT2D eigenvalue weighted by Gasteiger charge is -2.15. The minimum atomic E-state index is -0.0776. The lowest BCUT2D eigenvalue weighted by atomic mass is 10.2. The van der Waals surface area contributed by atoms with E-state index in [0.717, 1.165) is 50.0 Å². The number of fused-ring (bicyclic) bond motifs is 1. The highest BCUT2D eigenvalue weighted by Crippen LogP contribution is 2.22. The summed E-state index contributed by atoms with van der Waals surface area (Å²) in [6.45, 7) is 1.50. The predicted octanol–water partition coefficient (Wildman–Crippen LogP) is 1.57.